The molecule has 0 spiro atoms. The van der Waals surface area contributed by atoms with Gasteiger partial charge in [-0.05, 0) is 12.1 Å². The molecular formula is C21H15NO2. The highest BCUT2D eigenvalue weighted by atomic mass is 16.2. The molecule has 0 amide bonds. The fourth-order valence-electron chi connectivity index (χ4n) is 3.24. The molecule has 0 atom stereocenters. The van der Waals surface area contributed by atoms with E-state index in [1.54, 1.807) is 30.3 Å². The van der Waals surface area contributed by atoms with E-state index in [1.165, 1.54) is 0 Å². The summed E-state index contributed by atoms with van der Waals surface area (Å²) in [6.07, 6.45) is 5.50. The minimum Gasteiger partial charge on any atom is -0.343 e. The maximum Gasteiger partial charge on any atom is 0.197 e. The van der Waals surface area contributed by atoms with Crippen molar-refractivity contribution in [2.75, 3.05) is 0 Å². The molecule has 116 valence electrons. The number of benzene rings is 2. The van der Waals surface area contributed by atoms with Gasteiger partial charge in [0.05, 0.1) is 5.57 Å². The summed E-state index contributed by atoms with van der Waals surface area (Å²) >= 11 is 0. The van der Waals surface area contributed by atoms with Crippen LogP contribution in [0.15, 0.2) is 73.0 Å². The van der Waals surface area contributed by atoms with Crippen molar-refractivity contribution in [3.63, 3.8) is 0 Å². The van der Waals surface area contributed by atoms with Gasteiger partial charge in [-0.2, -0.15) is 0 Å². The molecule has 0 saturated carbocycles. The Labute approximate surface area is 139 Å². The second-order valence-electron chi connectivity index (χ2n) is 5.80. The molecule has 4 rings (SSSR count). The summed E-state index contributed by atoms with van der Waals surface area (Å²) in [7, 11) is 0. The first-order chi connectivity index (χ1) is 11.7. The average Bonchev–Trinajstić information content (AvgIpc) is 3.07. The summed E-state index contributed by atoms with van der Waals surface area (Å²) in [5.74, 6) is -0.396. The zero-order valence-electron chi connectivity index (χ0n) is 13.0. The summed E-state index contributed by atoms with van der Waals surface area (Å²) in [5.41, 5.74) is 3.14. The first-order valence-corrected chi connectivity index (χ1v) is 7.79. The van der Waals surface area contributed by atoms with Crippen molar-refractivity contribution in [2.45, 2.75) is 6.54 Å². The standard InChI is InChI=1S/C21H15NO2/c1-2-11-22-13-14(15-7-5-6-10-19(15)22)12-18-20(23)16-8-3-4-9-17(16)21(18)24/h2-10,12-13H,1,11H2. The van der Waals surface area contributed by atoms with Crippen LogP contribution in [0, 0.1) is 0 Å². The number of ketones is 2. The smallest absolute Gasteiger partial charge is 0.197 e. The lowest BCUT2D eigenvalue weighted by molar-refractivity contribution is 0.0990. The molecule has 0 radical (unpaired) electrons. The lowest BCUT2D eigenvalue weighted by Gasteiger charge is -1.98. The van der Waals surface area contributed by atoms with Gasteiger partial charge in [0.15, 0.2) is 11.6 Å². The summed E-state index contributed by atoms with van der Waals surface area (Å²) in [6.45, 7) is 4.45. The molecule has 0 bridgehead atoms. The number of hydrogen-bond acceptors (Lipinski definition) is 2. The maximum absolute atomic E-state index is 12.6. The van der Waals surface area contributed by atoms with Gasteiger partial charge in [-0.3, -0.25) is 9.59 Å². The fraction of sp³-hybridized carbons (Fsp3) is 0.0476. The van der Waals surface area contributed by atoms with Crippen LogP contribution in [0.5, 0.6) is 0 Å². The highest BCUT2D eigenvalue weighted by molar-refractivity contribution is 6.41. The normalized spacial score (nSPS) is 13.4. The van der Waals surface area contributed by atoms with Gasteiger partial charge >= 0.3 is 0 Å². The molecule has 0 fully saturated rings. The van der Waals surface area contributed by atoms with Gasteiger partial charge in [0.25, 0.3) is 0 Å². The van der Waals surface area contributed by atoms with E-state index in [0.717, 1.165) is 16.5 Å². The number of carbonyl (C=O) groups excluding carboxylic acids is 2. The predicted octanol–water partition coefficient (Wildman–Crippen LogP) is 4.29. The number of aromatic nitrogens is 1. The number of rotatable bonds is 3. The molecule has 0 aliphatic heterocycles. The highest BCUT2D eigenvalue weighted by Gasteiger charge is 2.32. The molecule has 0 N–H and O–H groups in total. The second-order valence-corrected chi connectivity index (χ2v) is 5.80. The summed E-state index contributed by atoms with van der Waals surface area (Å²) in [6, 6.07) is 14.9. The van der Waals surface area contributed by atoms with E-state index in [2.05, 4.69) is 11.1 Å². The van der Waals surface area contributed by atoms with E-state index in [-0.39, 0.29) is 17.1 Å². The Morgan fingerprint density at radius 3 is 2.21 bits per heavy atom. The summed E-state index contributed by atoms with van der Waals surface area (Å²) in [4.78, 5) is 25.1. The molecule has 1 aliphatic carbocycles. The van der Waals surface area contributed by atoms with Gasteiger partial charge in [-0.25, -0.2) is 0 Å². The molecule has 24 heavy (non-hydrogen) atoms. The van der Waals surface area contributed by atoms with Crippen LogP contribution in [0.2, 0.25) is 0 Å². The maximum atomic E-state index is 12.6. The Balaban J connectivity index is 1.88. The molecule has 1 heterocycles. The Morgan fingerprint density at radius 2 is 1.54 bits per heavy atom. The van der Waals surface area contributed by atoms with E-state index in [9.17, 15) is 9.59 Å². The van der Waals surface area contributed by atoms with E-state index in [1.807, 2.05) is 36.5 Å². The van der Waals surface area contributed by atoms with Crippen molar-refractivity contribution in [2.24, 2.45) is 0 Å². The van der Waals surface area contributed by atoms with E-state index in [4.69, 9.17) is 0 Å². The molecule has 1 aliphatic rings. The SMILES string of the molecule is C=CCn1cc(C=C2C(=O)c3ccccc3C2=O)c2ccccc21. The van der Waals surface area contributed by atoms with Crippen molar-refractivity contribution in [3.05, 3.63) is 89.6 Å². The zero-order valence-corrected chi connectivity index (χ0v) is 13.0. The molecule has 2 aromatic carbocycles. The number of fused-ring (bicyclic) bond motifs is 2. The van der Waals surface area contributed by atoms with Crippen LogP contribution >= 0.6 is 0 Å². The van der Waals surface area contributed by atoms with Crippen LogP contribution < -0.4 is 0 Å². The Morgan fingerprint density at radius 1 is 0.917 bits per heavy atom. The number of hydrogen-bond donors (Lipinski definition) is 0. The van der Waals surface area contributed by atoms with Crippen LogP contribution in [0.25, 0.3) is 17.0 Å². The zero-order chi connectivity index (χ0) is 16.7. The third kappa shape index (κ3) is 2.06. The summed E-state index contributed by atoms with van der Waals surface area (Å²) in [5, 5.41) is 1.02. The van der Waals surface area contributed by atoms with Crippen LogP contribution in [-0.2, 0) is 6.54 Å². The fourth-order valence-corrected chi connectivity index (χ4v) is 3.24. The lowest BCUT2D eigenvalue weighted by atomic mass is 10.1. The largest absolute Gasteiger partial charge is 0.343 e. The number of Topliss-reactive ketones (excluding diaryl/α,β-unsaturated/α-hetero) is 2. The van der Waals surface area contributed by atoms with E-state index in [0.29, 0.717) is 17.7 Å². The Kier molecular flexibility index (Phi) is 3.28. The van der Waals surface area contributed by atoms with Crippen molar-refractivity contribution in [1.82, 2.24) is 4.57 Å². The number of allylic oxidation sites excluding steroid dienone is 2. The molecule has 3 aromatic rings. The molecule has 0 saturated heterocycles. The number of para-hydroxylation sites is 1. The van der Waals surface area contributed by atoms with E-state index < -0.39 is 0 Å². The van der Waals surface area contributed by atoms with Crippen molar-refractivity contribution in [3.8, 4) is 0 Å². The monoisotopic (exact) mass is 313 g/mol. The van der Waals surface area contributed by atoms with Gasteiger partial charge in [0.2, 0.25) is 0 Å². The van der Waals surface area contributed by atoms with Crippen LogP contribution in [0.1, 0.15) is 26.3 Å². The average molecular weight is 313 g/mol. The van der Waals surface area contributed by atoms with Crippen molar-refractivity contribution < 1.29 is 9.59 Å². The molecule has 1 aromatic heterocycles. The lowest BCUT2D eigenvalue weighted by Crippen LogP contribution is -2.00. The van der Waals surface area contributed by atoms with E-state index >= 15 is 0 Å². The third-order valence-corrected chi connectivity index (χ3v) is 4.35. The molecular weight excluding hydrogens is 298 g/mol. The second kappa shape index (κ2) is 5.46. The van der Waals surface area contributed by atoms with Crippen LogP contribution in [0.4, 0.5) is 0 Å². The number of carbonyl (C=O) groups is 2. The Hall–Kier alpha value is -3.20. The van der Waals surface area contributed by atoms with Crippen LogP contribution in [0.3, 0.4) is 0 Å². The highest BCUT2D eigenvalue weighted by Crippen LogP contribution is 2.30. The van der Waals surface area contributed by atoms with Gasteiger partial charge in [0, 0.05) is 40.3 Å². The first-order valence-electron chi connectivity index (χ1n) is 7.79. The van der Waals surface area contributed by atoms with Gasteiger partial charge < -0.3 is 4.57 Å². The molecule has 0 unspecified atom stereocenters. The van der Waals surface area contributed by atoms with Crippen LogP contribution in [-0.4, -0.2) is 16.1 Å². The molecule has 3 heteroatoms. The predicted molar refractivity (Wildman–Crippen MR) is 95.2 cm³/mol. The van der Waals surface area contributed by atoms with Crippen molar-refractivity contribution >= 4 is 28.5 Å². The summed E-state index contributed by atoms with van der Waals surface area (Å²) < 4.78 is 2.06. The minimum absolute atomic E-state index is 0.198. The van der Waals surface area contributed by atoms with Crippen molar-refractivity contribution in [1.29, 1.82) is 0 Å². The quantitative estimate of drug-likeness (QED) is 0.411. The minimum atomic E-state index is -0.198. The number of nitrogens with zero attached hydrogens (tertiary/aromatic N) is 1. The molecule has 3 nitrogen and oxygen atoms in total. The topological polar surface area (TPSA) is 39.1 Å². The van der Waals surface area contributed by atoms with Gasteiger partial charge in [-0.1, -0.05) is 48.5 Å². The Bertz CT molecular complexity index is 1000. The third-order valence-electron chi connectivity index (χ3n) is 4.35. The van der Waals surface area contributed by atoms with Gasteiger partial charge in [0.1, 0.15) is 0 Å². The van der Waals surface area contributed by atoms with Gasteiger partial charge in [-0.15, -0.1) is 6.58 Å². The first kappa shape index (κ1) is 14.4.